The van der Waals surface area contributed by atoms with Gasteiger partial charge in [0.15, 0.2) is 0 Å². The number of nitrogens with one attached hydrogen (secondary N) is 1. The molecule has 4 aromatic rings. The van der Waals surface area contributed by atoms with E-state index in [9.17, 15) is 4.79 Å². The molecule has 0 spiro atoms. The summed E-state index contributed by atoms with van der Waals surface area (Å²) in [7, 11) is 0. The lowest BCUT2D eigenvalue weighted by molar-refractivity contribution is 0.0954. The van der Waals surface area contributed by atoms with Crippen molar-refractivity contribution in [2.45, 2.75) is 20.0 Å². The molecule has 3 heterocycles. The summed E-state index contributed by atoms with van der Waals surface area (Å²) in [5.74, 6) is -0.106. The van der Waals surface area contributed by atoms with E-state index >= 15 is 0 Å². The van der Waals surface area contributed by atoms with Crippen LogP contribution in [0.1, 0.15) is 26.6 Å². The second kappa shape index (κ2) is 7.50. The molecule has 0 radical (unpaired) electrons. The van der Waals surface area contributed by atoms with Crippen LogP contribution in [0.25, 0.3) is 10.2 Å². The van der Waals surface area contributed by atoms with Crippen molar-refractivity contribution < 1.29 is 4.79 Å². The molecule has 1 N–H and O–H groups in total. The van der Waals surface area contributed by atoms with Gasteiger partial charge in [-0.25, -0.2) is 0 Å². The standard InChI is InChI=1S/C20H17ClN4OS/c1-13-16-10-18(19(26)23-11-15-7-4-5-9-22-15)27-20(16)25(24-13)12-14-6-2-3-8-17(14)21/h2-10H,11-12H2,1H3,(H,23,26). The second-order valence-electron chi connectivity index (χ2n) is 6.17. The first-order chi connectivity index (χ1) is 13.1. The second-order valence-corrected chi connectivity index (χ2v) is 7.61. The highest BCUT2D eigenvalue weighted by Gasteiger charge is 2.17. The van der Waals surface area contributed by atoms with Gasteiger partial charge in [0.1, 0.15) is 4.83 Å². The smallest absolute Gasteiger partial charge is 0.261 e. The van der Waals surface area contributed by atoms with Crippen LogP contribution in [-0.4, -0.2) is 20.7 Å². The van der Waals surface area contributed by atoms with Crippen LogP contribution < -0.4 is 5.32 Å². The SMILES string of the molecule is Cc1nn(Cc2ccccc2Cl)c2sc(C(=O)NCc3ccccn3)cc12. The molecule has 0 aliphatic carbocycles. The maximum atomic E-state index is 12.5. The maximum absolute atomic E-state index is 12.5. The van der Waals surface area contributed by atoms with Crippen molar-refractivity contribution in [3.05, 3.63) is 81.6 Å². The minimum Gasteiger partial charge on any atom is -0.346 e. The predicted octanol–water partition coefficient (Wildman–Crippen LogP) is 4.43. The predicted molar refractivity (Wildman–Crippen MR) is 108 cm³/mol. The van der Waals surface area contributed by atoms with E-state index in [2.05, 4.69) is 15.4 Å². The highest BCUT2D eigenvalue weighted by molar-refractivity contribution is 7.20. The molecular formula is C20H17ClN4OS. The Morgan fingerprint density at radius 2 is 2.04 bits per heavy atom. The first-order valence-corrected chi connectivity index (χ1v) is 9.70. The number of carbonyl (C=O) groups is 1. The minimum absolute atomic E-state index is 0.106. The third-order valence-electron chi connectivity index (χ3n) is 4.27. The first kappa shape index (κ1) is 17.7. The van der Waals surface area contributed by atoms with Gasteiger partial charge in [-0.2, -0.15) is 5.10 Å². The molecule has 0 fully saturated rings. The number of halogens is 1. The number of hydrogen-bond acceptors (Lipinski definition) is 4. The van der Waals surface area contributed by atoms with Crippen LogP contribution in [0.5, 0.6) is 0 Å². The van der Waals surface area contributed by atoms with Crippen molar-refractivity contribution in [3.63, 3.8) is 0 Å². The third-order valence-corrected chi connectivity index (χ3v) is 5.78. The van der Waals surface area contributed by atoms with E-state index in [1.807, 2.05) is 60.1 Å². The number of nitrogens with zero attached hydrogens (tertiary/aromatic N) is 3. The minimum atomic E-state index is -0.106. The number of amides is 1. The van der Waals surface area contributed by atoms with E-state index in [4.69, 9.17) is 11.6 Å². The molecule has 136 valence electrons. The molecule has 4 rings (SSSR count). The normalized spacial score (nSPS) is 11.0. The van der Waals surface area contributed by atoms with E-state index in [0.29, 0.717) is 23.0 Å². The molecule has 7 heteroatoms. The Morgan fingerprint density at radius 3 is 2.81 bits per heavy atom. The Kier molecular flexibility index (Phi) is 4.92. The fraction of sp³-hybridized carbons (Fsp3) is 0.150. The summed E-state index contributed by atoms with van der Waals surface area (Å²) in [6.07, 6.45) is 1.72. The largest absolute Gasteiger partial charge is 0.346 e. The summed E-state index contributed by atoms with van der Waals surface area (Å²) >= 11 is 7.72. The Labute approximate surface area is 165 Å². The number of pyridine rings is 1. The van der Waals surface area contributed by atoms with Gasteiger partial charge in [-0.1, -0.05) is 35.9 Å². The van der Waals surface area contributed by atoms with Crippen molar-refractivity contribution >= 4 is 39.1 Å². The van der Waals surface area contributed by atoms with Crippen molar-refractivity contribution in [1.29, 1.82) is 0 Å². The molecule has 0 aliphatic heterocycles. The quantitative estimate of drug-likeness (QED) is 0.542. The van der Waals surface area contributed by atoms with Crippen LogP contribution in [0.3, 0.4) is 0 Å². The van der Waals surface area contributed by atoms with Gasteiger partial charge < -0.3 is 5.32 Å². The summed E-state index contributed by atoms with van der Waals surface area (Å²) < 4.78 is 1.91. The van der Waals surface area contributed by atoms with Crippen LogP contribution in [0.15, 0.2) is 54.7 Å². The lowest BCUT2D eigenvalue weighted by Gasteiger charge is -2.05. The number of carbonyl (C=O) groups excluding carboxylic acids is 1. The van der Waals surface area contributed by atoms with Crippen LogP contribution >= 0.6 is 22.9 Å². The monoisotopic (exact) mass is 396 g/mol. The highest BCUT2D eigenvalue weighted by atomic mass is 35.5. The lowest BCUT2D eigenvalue weighted by atomic mass is 10.2. The van der Waals surface area contributed by atoms with Crippen molar-refractivity contribution in [3.8, 4) is 0 Å². The van der Waals surface area contributed by atoms with Crippen LogP contribution in [0, 0.1) is 6.92 Å². The number of benzene rings is 1. The lowest BCUT2D eigenvalue weighted by Crippen LogP contribution is -2.22. The average Bonchev–Trinajstić information content (AvgIpc) is 3.24. The van der Waals surface area contributed by atoms with E-state index in [-0.39, 0.29) is 5.91 Å². The number of fused-ring (bicyclic) bond motifs is 1. The number of aryl methyl sites for hydroxylation is 1. The van der Waals surface area contributed by atoms with Gasteiger partial charge in [0.25, 0.3) is 5.91 Å². The Bertz CT molecular complexity index is 1100. The topological polar surface area (TPSA) is 59.8 Å². The molecule has 5 nitrogen and oxygen atoms in total. The number of aromatic nitrogens is 3. The fourth-order valence-electron chi connectivity index (χ4n) is 2.88. The summed E-state index contributed by atoms with van der Waals surface area (Å²) in [4.78, 5) is 18.4. The molecule has 0 unspecified atom stereocenters. The summed E-state index contributed by atoms with van der Waals surface area (Å²) in [5, 5.41) is 9.24. The van der Waals surface area contributed by atoms with E-state index in [0.717, 1.165) is 27.2 Å². The van der Waals surface area contributed by atoms with Gasteiger partial charge >= 0.3 is 0 Å². The molecule has 1 amide bonds. The molecule has 0 saturated heterocycles. The number of rotatable bonds is 5. The van der Waals surface area contributed by atoms with Crippen LogP contribution in [0.4, 0.5) is 0 Å². The average molecular weight is 397 g/mol. The molecule has 1 aromatic carbocycles. The van der Waals surface area contributed by atoms with Crippen molar-refractivity contribution in [2.24, 2.45) is 0 Å². The van der Waals surface area contributed by atoms with Crippen LogP contribution in [-0.2, 0) is 13.1 Å². The molecular weight excluding hydrogens is 380 g/mol. The zero-order chi connectivity index (χ0) is 18.8. The first-order valence-electron chi connectivity index (χ1n) is 8.50. The fourth-order valence-corrected chi connectivity index (χ4v) is 4.15. The van der Waals surface area contributed by atoms with E-state index in [1.54, 1.807) is 6.20 Å². The summed E-state index contributed by atoms with van der Waals surface area (Å²) in [6, 6.07) is 15.3. The van der Waals surface area contributed by atoms with Gasteiger partial charge in [-0.05, 0) is 36.8 Å². The molecule has 27 heavy (non-hydrogen) atoms. The zero-order valence-electron chi connectivity index (χ0n) is 14.6. The summed E-state index contributed by atoms with van der Waals surface area (Å²) in [5.41, 5.74) is 2.73. The third kappa shape index (κ3) is 3.72. The van der Waals surface area contributed by atoms with Crippen molar-refractivity contribution in [2.75, 3.05) is 0 Å². The van der Waals surface area contributed by atoms with Crippen LogP contribution in [0.2, 0.25) is 5.02 Å². The van der Waals surface area contributed by atoms with Gasteiger partial charge in [-0.15, -0.1) is 11.3 Å². The Balaban J connectivity index is 1.57. The number of thiophene rings is 1. The zero-order valence-corrected chi connectivity index (χ0v) is 16.2. The Morgan fingerprint density at radius 1 is 1.22 bits per heavy atom. The number of hydrogen-bond donors (Lipinski definition) is 1. The van der Waals surface area contributed by atoms with E-state index in [1.165, 1.54) is 11.3 Å². The Hall–Kier alpha value is -2.70. The van der Waals surface area contributed by atoms with E-state index < -0.39 is 0 Å². The summed E-state index contributed by atoms with van der Waals surface area (Å²) in [6.45, 7) is 2.92. The molecule has 0 atom stereocenters. The van der Waals surface area contributed by atoms with Crippen molar-refractivity contribution in [1.82, 2.24) is 20.1 Å². The maximum Gasteiger partial charge on any atom is 0.261 e. The molecule has 0 saturated carbocycles. The molecule has 0 bridgehead atoms. The van der Waals surface area contributed by atoms with Gasteiger partial charge in [0.05, 0.1) is 29.4 Å². The van der Waals surface area contributed by atoms with Gasteiger partial charge in [-0.3, -0.25) is 14.5 Å². The van der Waals surface area contributed by atoms with Gasteiger partial charge in [0.2, 0.25) is 0 Å². The molecule has 3 aromatic heterocycles. The molecule has 0 aliphatic rings. The van der Waals surface area contributed by atoms with Gasteiger partial charge in [0, 0.05) is 16.6 Å². The highest BCUT2D eigenvalue weighted by Crippen LogP contribution is 2.29.